The van der Waals surface area contributed by atoms with Crippen LogP contribution in [-0.4, -0.2) is 47.7 Å². The number of unbranched alkanes of at least 4 members (excludes halogenated alkanes) is 9. The highest BCUT2D eigenvalue weighted by Crippen LogP contribution is 2.14. The molecule has 5 heteroatoms. The summed E-state index contributed by atoms with van der Waals surface area (Å²) in [6.07, 6.45) is 13.8. The van der Waals surface area contributed by atoms with Crippen molar-refractivity contribution in [3.63, 3.8) is 0 Å². The van der Waals surface area contributed by atoms with E-state index in [1.165, 1.54) is 49.8 Å². The molecule has 134 valence electrons. The van der Waals surface area contributed by atoms with E-state index in [2.05, 4.69) is 6.92 Å². The van der Waals surface area contributed by atoms with Crippen LogP contribution in [0.5, 0.6) is 0 Å². The first kappa shape index (κ1) is 21.8. The average Bonchev–Trinajstić information content (AvgIpc) is 2.52. The Balaban J connectivity index is 3.81. The van der Waals surface area contributed by atoms with Gasteiger partial charge in [-0.1, -0.05) is 71.1 Å². The third-order valence-electron chi connectivity index (χ3n) is 4.18. The van der Waals surface area contributed by atoms with Crippen molar-refractivity contribution in [3.05, 3.63) is 0 Å². The van der Waals surface area contributed by atoms with Crippen LogP contribution in [0.4, 0.5) is 0 Å². The summed E-state index contributed by atoms with van der Waals surface area (Å²) >= 11 is 0. The number of carbonyl (C=O) groups excluding carboxylic acids is 2. The first-order valence-electron chi connectivity index (χ1n) is 9.01. The Kier molecular flexibility index (Phi) is 14.8. The summed E-state index contributed by atoms with van der Waals surface area (Å²) in [7, 11) is 0. The number of carboxylic acids is 1. The Bertz CT molecular complexity index is 310. The molecule has 0 fully saturated rings. The van der Waals surface area contributed by atoms with Crippen molar-refractivity contribution < 1.29 is 19.5 Å². The Labute approximate surface area is 140 Å². The van der Waals surface area contributed by atoms with E-state index < -0.39 is 12.0 Å². The molecule has 1 N–H and O–H groups in total. The molecule has 23 heavy (non-hydrogen) atoms. The second-order valence-corrected chi connectivity index (χ2v) is 6.11. The van der Waals surface area contributed by atoms with E-state index in [1.807, 2.05) is 0 Å². The predicted molar refractivity (Wildman–Crippen MR) is 91.6 cm³/mol. The Morgan fingerprint density at radius 1 is 0.870 bits per heavy atom. The molecular formula is C18H33NO4. The summed E-state index contributed by atoms with van der Waals surface area (Å²) in [5.41, 5.74) is 0. The van der Waals surface area contributed by atoms with Gasteiger partial charge in [-0.05, 0) is 6.42 Å². The van der Waals surface area contributed by atoms with E-state index in [-0.39, 0.29) is 13.1 Å². The minimum absolute atomic E-state index is 0.00648. The number of aliphatic carboxylic acids is 1. The number of aldehydes is 2. The van der Waals surface area contributed by atoms with Crippen molar-refractivity contribution in [1.82, 2.24) is 4.90 Å². The van der Waals surface area contributed by atoms with Gasteiger partial charge in [0.2, 0.25) is 0 Å². The average molecular weight is 327 g/mol. The summed E-state index contributed by atoms with van der Waals surface area (Å²) in [6, 6.07) is -0.737. The molecule has 0 aromatic heterocycles. The lowest BCUT2D eigenvalue weighted by Crippen LogP contribution is -2.43. The van der Waals surface area contributed by atoms with Crippen LogP contribution in [0.25, 0.3) is 0 Å². The van der Waals surface area contributed by atoms with Gasteiger partial charge in [0.15, 0.2) is 0 Å². The molecule has 0 rings (SSSR count). The largest absolute Gasteiger partial charge is 0.480 e. The first-order chi connectivity index (χ1) is 11.2. The zero-order valence-corrected chi connectivity index (χ0v) is 14.5. The molecule has 0 spiro atoms. The van der Waals surface area contributed by atoms with Gasteiger partial charge in [0.25, 0.3) is 0 Å². The van der Waals surface area contributed by atoms with Gasteiger partial charge in [-0.2, -0.15) is 0 Å². The Hall–Kier alpha value is -1.23. The van der Waals surface area contributed by atoms with E-state index in [1.54, 1.807) is 0 Å². The van der Waals surface area contributed by atoms with E-state index in [0.717, 1.165) is 19.3 Å². The molecular weight excluding hydrogens is 294 g/mol. The van der Waals surface area contributed by atoms with Gasteiger partial charge in [-0.15, -0.1) is 0 Å². The molecule has 0 aliphatic carbocycles. The maximum atomic E-state index is 11.3. The molecule has 0 amide bonds. The maximum absolute atomic E-state index is 11.3. The SMILES string of the molecule is CCCCCCCCCCCCC(C(=O)O)N(CC=O)CC=O. The standard InChI is InChI=1S/C18H33NO4/c1-2-3-4-5-6-7-8-9-10-11-12-17(18(22)23)19(13-15-20)14-16-21/h15-17H,2-14H2,1H3,(H,22,23). The fourth-order valence-corrected chi connectivity index (χ4v) is 2.81. The molecule has 0 heterocycles. The zero-order chi connectivity index (χ0) is 17.3. The monoisotopic (exact) mass is 327 g/mol. The summed E-state index contributed by atoms with van der Waals surface area (Å²) in [5, 5.41) is 9.27. The van der Waals surface area contributed by atoms with Gasteiger partial charge in [0.05, 0.1) is 13.1 Å². The molecule has 5 nitrogen and oxygen atoms in total. The fraction of sp³-hybridized carbons (Fsp3) is 0.833. The van der Waals surface area contributed by atoms with Crippen LogP contribution >= 0.6 is 0 Å². The summed E-state index contributed by atoms with van der Waals surface area (Å²) in [4.78, 5) is 34.0. The molecule has 0 aromatic rings. The first-order valence-corrected chi connectivity index (χ1v) is 9.01. The number of carbonyl (C=O) groups is 3. The van der Waals surface area contributed by atoms with Crippen molar-refractivity contribution in [2.45, 2.75) is 83.6 Å². The molecule has 0 aromatic carbocycles. The third-order valence-corrected chi connectivity index (χ3v) is 4.18. The van der Waals surface area contributed by atoms with Gasteiger partial charge in [-0.25, -0.2) is 0 Å². The summed E-state index contributed by atoms with van der Waals surface area (Å²) in [5.74, 6) is -0.954. The predicted octanol–water partition coefficient (Wildman–Crippen LogP) is 3.45. The summed E-state index contributed by atoms with van der Waals surface area (Å²) < 4.78 is 0. The highest BCUT2D eigenvalue weighted by Gasteiger charge is 2.24. The van der Waals surface area contributed by atoms with Crippen LogP contribution < -0.4 is 0 Å². The molecule has 0 saturated heterocycles. The van der Waals surface area contributed by atoms with Crippen LogP contribution in [0.1, 0.15) is 77.6 Å². The van der Waals surface area contributed by atoms with Crippen LogP contribution in [0.15, 0.2) is 0 Å². The highest BCUT2D eigenvalue weighted by molar-refractivity contribution is 5.74. The number of carboxylic acid groups (broad SMARTS) is 1. The van der Waals surface area contributed by atoms with Crippen LogP contribution in [-0.2, 0) is 14.4 Å². The van der Waals surface area contributed by atoms with Crippen molar-refractivity contribution >= 4 is 18.5 Å². The minimum Gasteiger partial charge on any atom is -0.480 e. The van der Waals surface area contributed by atoms with Crippen molar-refractivity contribution in [2.24, 2.45) is 0 Å². The third kappa shape index (κ3) is 11.9. The topological polar surface area (TPSA) is 74.7 Å². The van der Waals surface area contributed by atoms with Crippen LogP contribution in [0, 0.1) is 0 Å². The van der Waals surface area contributed by atoms with E-state index >= 15 is 0 Å². The lowest BCUT2D eigenvalue weighted by Gasteiger charge is -2.24. The Morgan fingerprint density at radius 3 is 1.70 bits per heavy atom. The highest BCUT2D eigenvalue weighted by atomic mass is 16.4. The summed E-state index contributed by atoms with van der Waals surface area (Å²) in [6.45, 7) is 2.21. The minimum atomic E-state index is -0.954. The lowest BCUT2D eigenvalue weighted by molar-refractivity contribution is -0.143. The molecule has 1 unspecified atom stereocenters. The molecule has 0 saturated carbocycles. The van der Waals surface area contributed by atoms with Gasteiger partial charge in [0, 0.05) is 0 Å². The Morgan fingerprint density at radius 2 is 1.30 bits per heavy atom. The van der Waals surface area contributed by atoms with Gasteiger partial charge in [-0.3, -0.25) is 9.69 Å². The molecule has 0 bridgehead atoms. The normalized spacial score (nSPS) is 12.3. The number of nitrogens with zero attached hydrogens (tertiary/aromatic N) is 1. The molecule has 0 aliphatic rings. The van der Waals surface area contributed by atoms with Crippen LogP contribution in [0.3, 0.4) is 0 Å². The number of hydrogen-bond donors (Lipinski definition) is 1. The molecule has 1 atom stereocenters. The second-order valence-electron chi connectivity index (χ2n) is 6.11. The molecule has 0 radical (unpaired) electrons. The van der Waals surface area contributed by atoms with Gasteiger partial charge < -0.3 is 14.7 Å². The number of hydrogen-bond acceptors (Lipinski definition) is 4. The van der Waals surface area contributed by atoms with Gasteiger partial charge >= 0.3 is 5.97 Å². The fourth-order valence-electron chi connectivity index (χ4n) is 2.81. The lowest BCUT2D eigenvalue weighted by atomic mass is 10.0. The van der Waals surface area contributed by atoms with Crippen molar-refractivity contribution in [2.75, 3.05) is 13.1 Å². The zero-order valence-electron chi connectivity index (χ0n) is 14.5. The van der Waals surface area contributed by atoms with E-state index in [4.69, 9.17) is 0 Å². The van der Waals surface area contributed by atoms with Gasteiger partial charge in [0.1, 0.15) is 18.6 Å². The van der Waals surface area contributed by atoms with E-state index in [0.29, 0.717) is 19.0 Å². The quantitative estimate of drug-likeness (QED) is 0.327. The second kappa shape index (κ2) is 15.7. The maximum Gasteiger partial charge on any atom is 0.320 e. The smallest absolute Gasteiger partial charge is 0.320 e. The van der Waals surface area contributed by atoms with Crippen molar-refractivity contribution in [3.8, 4) is 0 Å². The number of rotatable bonds is 17. The van der Waals surface area contributed by atoms with E-state index in [9.17, 15) is 19.5 Å². The molecule has 0 aliphatic heterocycles. The van der Waals surface area contributed by atoms with Crippen LogP contribution in [0.2, 0.25) is 0 Å². The van der Waals surface area contributed by atoms with Crippen molar-refractivity contribution in [1.29, 1.82) is 0 Å².